The summed E-state index contributed by atoms with van der Waals surface area (Å²) in [6, 6.07) is 12.6. The maximum Gasteiger partial charge on any atom is 0.253 e. The molecule has 1 saturated heterocycles. The Balaban J connectivity index is 1.43. The van der Waals surface area contributed by atoms with Crippen molar-refractivity contribution in [2.75, 3.05) is 31.5 Å². The molecule has 2 fully saturated rings. The molecule has 5 nitrogen and oxygen atoms in total. The second-order valence-corrected chi connectivity index (χ2v) is 8.76. The van der Waals surface area contributed by atoms with Gasteiger partial charge in [0.05, 0.1) is 6.04 Å². The fourth-order valence-corrected chi connectivity index (χ4v) is 4.90. The third-order valence-corrected chi connectivity index (χ3v) is 6.53. The lowest BCUT2D eigenvalue weighted by Gasteiger charge is -2.40. The Hall–Kier alpha value is -2.44. The summed E-state index contributed by atoms with van der Waals surface area (Å²) in [5, 5.41) is 3.51. The van der Waals surface area contributed by atoms with Gasteiger partial charge >= 0.3 is 0 Å². The van der Waals surface area contributed by atoms with Crippen LogP contribution in [0.5, 0.6) is 0 Å². The van der Waals surface area contributed by atoms with E-state index in [1.165, 1.54) is 12.1 Å². The molecular formula is C24H27ClFN3O2. The highest BCUT2D eigenvalue weighted by Gasteiger charge is 2.37. The molecule has 2 aromatic carbocycles. The summed E-state index contributed by atoms with van der Waals surface area (Å²) in [7, 11) is 0. The first-order valence-corrected chi connectivity index (χ1v) is 11.2. The summed E-state index contributed by atoms with van der Waals surface area (Å²) in [6.45, 7) is 2.42. The first kappa shape index (κ1) is 21.8. The molecule has 1 atom stereocenters. The van der Waals surface area contributed by atoms with Gasteiger partial charge in [-0.3, -0.25) is 14.5 Å². The first-order chi connectivity index (χ1) is 15.0. The molecule has 0 bridgehead atoms. The highest BCUT2D eigenvalue weighted by Crippen LogP contribution is 2.32. The van der Waals surface area contributed by atoms with Gasteiger partial charge in [0.1, 0.15) is 5.82 Å². The van der Waals surface area contributed by atoms with Crippen molar-refractivity contribution >= 4 is 29.1 Å². The van der Waals surface area contributed by atoms with E-state index in [0.29, 0.717) is 48.4 Å². The molecule has 1 heterocycles. The van der Waals surface area contributed by atoms with Gasteiger partial charge < -0.3 is 10.2 Å². The van der Waals surface area contributed by atoms with Gasteiger partial charge in [-0.1, -0.05) is 30.5 Å². The number of piperazine rings is 1. The van der Waals surface area contributed by atoms with Gasteiger partial charge in [0, 0.05) is 42.5 Å². The van der Waals surface area contributed by atoms with Crippen LogP contribution in [0.1, 0.15) is 36.0 Å². The minimum Gasteiger partial charge on any atom is -0.336 e. The Morgan fingerprint density at radius 1 is 1.00 bits per heavy atom. The Morgan fingerprint density at radius 3 is 2.32 bits per heavy atom. The number of halogens is 2. The molecule has 7 heteroatoms. The third kappa shape index (κ3) is 5.25. The Bertz CT molecular complexity index is 923. The molecule has 0 aromatic heterocycles. The lowest BCUT2D eigenvalue weighted by Crippen LogP contribution is -2.56. The van der Waals surface area contributed by atoms with E-state index in [2.05, 4.69) is 10.2 Å². The molecule has 0 radical (unpaired) electrons. The standard InChI is InChI=1S/C24H27ClFN3O2/c25-19-7-3-6-18(16-19)24(31)29-14-12-28(13-15-29)22(17-4-1-2-5-17)23(30)27-21-10-8-20(26)9-11-21/h3,6-11,16-17,22H,1-2,4-5,12-15H2,(H,27,30)/t22-/m1/s1. The fraction of sp³-hybridized carbons (Fsp3) is 0.417. The Labute approximate surface area is 187 Å². The molecule has 1 aliphatic carbocycles. The average Bonchev–Trinajstić information content (AvgIpc) is 3.30. The lowest BCUT2D eigenvalue weighted by atomic mass is 9.94. The number of nitrogens with one attached hydrogen (secondary N) is 1. The average molecular weight is 444 g/mol. The zero-order valence-corrected chi connectivity index (χ0v) is 18.2. The van der Waals surface area contributed by atoms with Gasteiger partial charge in [-0.25, -0.2) is 4.39 Å². The van der Waals surface area contributed by atoms with E-state index in [1.54, 1.807) is 36.4 Å². The molecule has 1 N–H and O–H groups in total. The number of benzene rings is 2. The molecule has 0 spiro atoms. The monoisotopic (exact) mass is 443 g/mol. The Morgan fingerprint density at radius 2 is 1.68 bits per heavy atom. The number of hydrogen-bond donors (Lipinski definition) is 1. The van der Waals surface area contributed by atoms with Crippen LogP contribution in [0.3, 0.4) is 0 Å². The van der Waals surface area contributed by atoms with Crippen LogP contribution in [0.15, 0.2) is 48.5 Å². The van der Waals surface area contributed by atoms with Crippen molar-refractivity contribution in [3.8, 4) is 0 Å². The van der Waals surface area contributed by atoms with E-state index in [0.717, 1.165) is 25.7 Å². The summed E-state index contributed by atoms with van der Waals surface area (Å²) < 4.78 is 13.2. The highest BCUT2D eigenvalue weighted by molar-refractivity contribution is 6.30. The van der Waals surface area contributed by atoms with Crippen molar-refractivity contribution in [2.24, 2.45) is 5.92 Å². The fourth-order valence-electron chi connectivity index (χ4n) is 4.71. The van der Waals surface area contributed by atoms with Crippen LogP contribution in [0.25, 0.3) is 0 Å². The minimum atomic E-state index is -0.328. The summed E-state index contributed by atoms with van der Waals surface area (Å²) in [5.41, 5.74) is 1.19. The molecule has 2 aromatic rings. The molecule has 4 rings (SSSR count). The van der Waals surface area contributed by atoms with E-state index in [-0.39, 0.29) is 23.7 Å². The number of rotatable bonds is 5. The lowest BCUT2D eigenvalue weighted by molar-refractivity contribution is -0.123. The van der Waals surface area contributed by atoms with Crippen LogP contribution >= 0.6 is 11.6 Å². The zero-order valence-electron chi connectivity index (χ0n) is 17.4. The summed E-state index contributed by atoms with van der Waals surface area (Å²) in [6.07, 6.45) is 4.34. The van der Waals surface area contributed by atoms with Gasteiger partial charge in [0.15, 0.2) is 0 Å². The van der Waals surface area contributed by atoms with E-state index < -0.39 is 0 Å². The number of amides is 2. The van der Waals surface area contributed by atoms with E-state index >= 15 is 0 Å². The van der Waals surface area contributed by atoms with Gasteiger partial charge in [-0.15, -0.1) is 0 Å². The number of nitrogens with zero attached hydrogens (tertiary/aromatic N) is 2. The van der Waals surface area contributed by atoms with Crippen molar-refractivity contribution < 1.29 is 14.0 Å². The smallest absolute Gasteiger partial charge is 0.253 e. The number of carbonyl (C=O) groups excluding carboxylic acids is 2. The molecule has 1 saturated carbocycles. The van der Waals surface area contributed by atoms with Crippen molar-refractivity contribution in [1.82, 2.24) is 9.80 Å². The normalized spacial score (nSPS) is 18.7. The van der Waals surface area contributed by atoms with Gasteiger partial charge in [-0.05, 0) is 61.2 Å². The molecule has 1 aliphatic heterocycles. The molecule has 31 heavy (non-hydrogen) atoms. The predicted molar refractivity (Wildman–Crippen MR) is 120 cm³/mol. The van der Waals surface area contributed by atoms with Crippen LogP contribution in [0.4, 0.5) is 10.1 Å². The van der Waals surface area contributed by atoms with Crippen molar-refractivity contribution in [3.63, 3.8) is 0 Å². The van der Waals surface area contributed by atoms with Crippen molar-refractivity contribution in [2.45, 2.75) is 31.7 Å². The van der Waals surface area contributed by atoms with Crippen LogP contribution in [-0.4, -0.2) is 53.8 Å². The van der Waals surface area contributed by atoms with Crippen molar-refractivity contribution in [3.05, 3.63) is 64.9 Å². The van der Waals surface area contributed by atoms with Gasteiger partial charge in [0.25, 0.3) is 5.91 Å². The van der Waals surface area contributed by atoms with Crippen molar-refractivity contribution in [1.29, 1.82) is 0 Å². The highest BCUT2D eigenvalue weighted by atomic mass is 35.5. The van der Waals surface area contributed by atoms with E-state index in [9.17, 15) is 14.0 Å². The minimum absolute atomic E-state index is 0.0321. The molecule has 164 valence electrons. The van der Waals surface area contributed by atoms with E-state index in [4.69, 9.17) is 11.6 Å². The van der Waals surface area contributed by atoms with Crippen LogP contribution in [0.2, 0.25) is 5.02 Å². The quantitative estimate of drug-likeness (QED) is 0.743. The topological polar surface area (TPSA) is 52.7 Å². The zero-order chi connectivity index (χ0) is 21.8. The van der Waals surface area contributed by atoms with E-state index in [1.807, 2.05) is 4.90 Å². The number of anilines is 1. The third-order valence-electron chi connectivity index (χ3n) is 6.29. The largest absolute Gasteiger partial charge is 0.336 e. The summed E-state index contributed by atoms with van der Waals surface area (Å²) in [4.78, 5) is 30.1. The number of carbonyl (C=O) groups is 2. The molecule has 0 unspecified atom stereocenters. The van der Waals surface area contributed by atoms with Gasteiger partial charge in [0.2, 0.25) is 5.91 Å². The molecular weight excluding hydrogens is 417 g/mol. The van der Waals surface area contributed by atoms with Gasteiger partial charge in [-0.2, -0.15) is 0 Å². The maximum atomic E-state index is 13.2. The van der Waals surface area contributed by atoms with Crippen LogP contribution in [0, 0.1) is 11.7 Å². The number of hydrogen-bond acceptors (Lipinski definition) is 3. The Kier molecular flexibility index (Phi) is 6.88. The maximum absolute atomic E-state index is 13.2. The second-order valence-electron chi connectivity index (χ2n) is 8.32. The molecule has 2 aliphatic rings. The van der Waals surface area contributed by atoms with Crippen LogP contribution < -0.4 is 5.32 Å². The van der Waals surface area contributed by atoms with Crippen LogP contribution in [-0.2, 0) is 4.79 Å². The predicted octanol–water partition coefficient (Wildman–Crippen LogP) is 4.43. The summed E-state index contributed by atoms with van der Waals surface area (Å²) >= 11 is 6.03. The summed E-state index contributed by atoms with van der Waals surface area (Å²) in [5.74, 6) is -0.107. The second kappa shape index (κ2) is 9.79. The molecule has 2 amide bonds. The SMILES string of the molecule is O=C(Nc1ccc(F)cc1)[C@@H](C1CCCC1)N1CCN(C(=O)c2cccc(Cl)c2)CC1. The first-order valence-electron chi connectivity index (χ1n) is 10.9.